The molecule has 0 N–H and O–H groups in total. The van der Waals surface area contributed by atoms with Crippen molar-refractivity contribution in [1.82, 2.24) is 9.78 Å². The quantitative estimate of drug-likeness (QED) is 0.794. The number of halogens is 2. The van der Waals surface area contributed by atoms with Crippen LogP contribution in [0, 0.1) is 0 Å². The van der Waals surface area contributed by atoms with Gasteiger partial charge in [-0.2, -0.15) is 5.10 Å². The molecule has 0 saturated heterocycles. The predicted octanol–water partition coefficient (Wildman–Crippen LogP) is 3.96. The molecule has 0 aliphatic rings. The number of rotatable bonds is 2. The van der Waals surface area contributed by atoms with Crippen LogP contribution in [-0.4, -0.2) is 9.78 Å². The van der Waals surface area contributed by atoms with Gasteiger partial charge in [-0.1, -0.05) is 42.3 Å². The van der Waals surface area contributed by atoms with Crippen LogP contribution in [-0.2, 0) is 13.5 Å². The largest absolute Gasteiger partial charge is 0.266 e. The summed E-state index contributed by atoms with van der Waals surface area (Å²) < 4.78 is 1.81. The second kappa shape index (κ2) is 4.48. The van der Waals surface area contributed by atoms with E-state index in [1.54, 1.807) is 0 Å². The van der Waals surface area contributed by atoms with Gasteiger partial charge in [0.15, 0.2) is 5.15 Å². The second-order valence-electron chi connectivity index (χ2n) is 3.60. The van der Waals surface area contributed by atoms with Crippen molar-refractivity contribution in [2.45, 2.75) is 13.3 Å². The third kappa shape index (κ3) is 1.95. The Morgan fingerprint density at radius 3 is 2.38 bits per heavy atom. The molecule has 0 bridgehead atoms. The van der Waals surface area contributed by atoms with E-state index in [4.69, 9.17) is 23.2 Å². The van der Waals surface area contributed by atoms with Gasteiger partial charge >= 0.3 is 0 Å². The lowest BCUT2D eigenvalue weighted by Gasteiger charge is -2.05. The molecule has 1 heterocycles. The number of aromatic nitrogens is 2. The molecule has 0 spiro atoms. The molecule has 16 heavy (non-hydrogen) atoms. The van der Waals surface area contributed by atoms with Gasteiger partial charge in [0.25, 0.3) is 0 Å². The first-order valence-corrected chi connectivity index (χ1v) is 5.86. The van der Waals surface area contributed by atoms with E-state index in [0.717, 1.165) is 28.3 Å². The molecule has 84 valence electrons. The van der Waals surface area contributed by atoms with Crippen molar-refractivity contribution >= 4 is 23.2 Å². The normalized spacial score (nSPS) is 10.8. The Hall–Kier alpha value is -0.990. The Bertz CT molecular complexity index is 500. The standard InChI is InChI=1S/C12H12Cl2N2/c1-3-10-11(16(2)15-12(10)14)8-4-6-9(13)7-5-8/h4-7H,3H2,1-2H3. The van der Waals surface area contributed by atoms with Gasteiger partial charge in [-0.05, 0) is 18.6 Å². The zero-order valence-electron chi connectivity index (χ0n) is 9.17. The monoisotopic (exact) mass is 254 g/mol. The van der Waals surface area contributed by atoms with Crippen LogP contribution in [0.2, 0.25) is 10.2 Å². The van der Waals surface area contributed by atoms with Gasteiger partial charge in [0.2, 0.25) is 0 Å². The first-order valence-electron chi connectivity index (χ1n) is 5.10. The molecule has 0 radical (unpaired) electrons. The zero-order valence-corrected chi connectivity index (χ0v) is 10.7. The maximum atomic E-state index is 6.07. The van der Waals surface area contributed by atoms with Crippen LogP contribution >= 0.6 is 23.2 Å². The van der Waals surface area contributed by atoms with Crippen molar-refractivity contribution < 1.29 is 0 Å². The van der Waals surface area contributed by atoms with Gasteiger partial charge in [0, 0.05) is 23.2 Å². The minimum Gasteiger partial charge on any atom is -0.266 e. The summed E-state index contributed by atoms with van der Waals surface area (Å²) in [6, 6.07) is 7.71. The fraction of sp³-hybridized carbons (Fsp3) is 0.250. The molecule has 1 aromatic carbocycles. The highest BCUT2D eigenvalue weighted by molar-refractivity contribution is 6.31. The molecular weight excluding hydrogens is 243 g/mol. The molecule has 1 aromatic heterocycles. The zero-order chi connectivity index (χ0) is 11.7. The summed E-state index contributed by atoms with van der Waals surface area (Å²) in [6.45, 7) is 2.07. The fourth-order valence-corrected chi connectivity index (χ4v) is 2.28. The van der Waals surface area contributed by atoms with Crippen LogP contribution < -0.4 is 0 Å². The lowest BCUT2D eigenvalue weighted by molar-refractivity contribution is 0.776. The topological polar surface area (TPSA) is 17.8 Å². The van der Waals surface area contributed by atoms with Crippen molar-refractivity contribution in [3.8, 4) is 11.3 Å². The molecule has 2 aromatic rings. The number of benzene rings is 1. The highest BCUT2D eigenvalue weighted by atomic mass is 35.5. The van der Waals surface area contributed by atoms with Crippen LogP contribution in [0.1, 0.15) is 12.5 Å². The molecule has 2 rings (SSSR count). The van der Waals surface area contributed by atoms with Gasteiger partial charge in [0.1, 0.15) is 0 Å². The summed E-state index contributed by atoms with van der Waals surface area (Å²) in [4.78, 5) is 0. The highest BCUT2D eigenvalue weighted by Gasteiger charge is 2.14. The van der Waals surface area contributed by atoms with Crippen molar-refractivity contribution in [3.63, 3.8) is 0 Å². The van der Waals surface area contributed by atoms with Gasteiger partial charge in [-0.15, -0.1) is 0 Å². The third-order valence-corrected chi connectivity index (χ3v) is 3.12. The number of aryl methyl sites for hydroxylation is 1. The third-order valence-electron chi connectivity index (χ3n) is 2.57. The molecule has 0 aliphatic carbocycles. The maximum Gasteiger partial charge on any atom is 0.154 e. The SMILES string of the molecule is CCc1c(Cl)nn(C)c1-c1ccc(Cl)cc1. The molecular formula is C12H12Cl2N2. The van der Waals surface area contributed by atoms with E-state index in [9.17, 15) is 0 Å². The average molecular weight is 255 g/mol. The summed E-state index contributed by atoms with van der Waals surface area (Å²) in [5.41, 5.74) is 3.22. The van der Waals surface area contributed by atoms with E-state index in [1.807, 2.05) is 36.0 Å². The molecule has 4 heteroatoms. The maximum absolute atomic E-state index is 6.07. The van der Waals surface area contributed by atoms with Crippen molar-refractivity contribution in [3.05, 3.63) is 40.0 Å². The van der Waals surface area contributed by atoms with E-state index in [2.05, 4.69) is 12.0 Å². The molecule has 0 saturated carbocycles. The lowest BCUT2D eigenvalue weighted by atomic mass is 10.1. The fourth-order valence-electron chi connectivity index (χ4n) is 1.82. The minimum absolute atomic E-state index is 0.579. The van der Waals surface area contributed by atoms with Crippen LogP contribution in [0.5, 0.6) is 0 Å². The van der Waals surface area contributed by atoms with Crippen LogP contribution in [0.25, 0.3) is 11.3 Å². The summed E-state index contributed by atoms with van der Waals surface area (Å²) >= 11 is 11.9. The van der Waals surface area contributed by atoms with Crippen LogP contribution in [0.4, 0.5) is 0 Å². The summed E-state index contributed by atoms with van der Waals surface area (Å²) in [5.74, 6) is 0. The van der Waals surface area contributed by atoms with E-state index in [-0.39, 0.29) is 0 Å². The molecule has 0 unspecified atom stereocenters. The number of nitrogens with zero attached hydrogens (tertiary/aromatic N) is 2. The smallest absolute Gasteiger partial charge is 0.154 e. The van der Waals surface area contributed by atoms with Gasteiger partial charge in [-0.3, -0.25) is 4.68 Å². The Morgan fingerprint density at radius 1 is 1.19 bits per heavy atom. The van der Waals surface area contributed by atoms with E-state index < -0.39 is 0 Å². The molecule has 0 atom stereocenters. The number of hydrogen-bond acceptors (Lipinski definition) is 1. The van der Waals surface area contributed by atoms with Gasteiger partial charge < -0.3 is 0 Å². The van der Waals surface area contributed by atoms with Crippen LogP contribution in [0.15, 0.2) is 24.3 Å². The second-order valence-corrected chi connectivity index (χ2v) is 4.40. The van der Waals surface area contributed by atoms with Crippen LogP contribution in [0.3, 0.4) is 0 Å². The summed E-state index contributed by atoms with van der Waals surface area (Å²) in [6.07, 6.45) is 0.866. The van der Waals surface area contributed by atoms with Crippen molar-refractivity contribution in [2.75, 3.05) is 0 Å². The first kappa shape index (κ1) is 11.5. The Labute approximate surface area is 105 Å². The average Bonchev–Trinajstić information content (AvgIpc) is 2.54. The first-order chi connectivity index (χ1) is 7.63. The Morgan fingerprint density at radius 2 is 1.81 bits per heavy atom. The molecule has 0 aliphatic heterocycles. The molecule has 0 fully saturated rings. The van der Waals surface area contributed by atoms with Crippen molar-refractivity contribution in [2.24, 2.45) is 7.05 Å². The van der Waals surface area contributed by atoms with E-state index in [0.29, 0.717) is 5.15 Å². The Balaban J connectivity index is 2.59. The lowest BCUT2D eigenvalue weighted by Crippen LogP contribution is -1.95. The number of hydrogen-bond donors (Lipinski definition) is 0. The van der Waals surface area contributed by atoms with Crippen molar-refractivity contribution in [1.29, 1.82) is 0 Å². The van der Waals surface area contributed by atoms with E-state index in [1.165, 1.54) is 0 Å². The van der Waals surface area contributed by atoms with E-state index >= 15 is 0 Å². The molecule has 0 amide bonds. The van der Waals surface area contributed by atoms with Gasteiger partial charge in [-0.25, -0.2) is 0 Å². The van der Waals surface area contributed by atoms with Gasteiger partial charge in [0.05, 0.1) is 5.69 Å². The predicted molar refractivity (Wildman–Crippen MR) is 68.0 cm³/mol. The molecule has 2 nitrogen and oxygen atoms in total. The summed E-state index contributed by atoms with van der Waals surface area (Å²) in [7, 11) is 1.90. The highest BCUT2D eigenvalue weighted by Crippen LogP contribution is 2.29. The minimum atomic E-state index is 0.579. The Kier molecular flexibility index (Phi) is 3.22. The summed E-state index contributed by atoms with van der Waals surface area (Å²) in [5, 5.41) is 5.54.